The highest BCUT2D eigenvalue weighted by atomic mass is 16.6. The third-order valence-corrected chi connectivity index (χ3v) is 2.59. The molecule has 1 aliphatic heterocycles. The molecule has 16 heavy (non-hydrogen) atoms. The summed E-state index contributed by atoms with van der Waals surface area (Å²) in [7, 11) is 0. The van der Waals surface area contributed by atoms with Gasteiger partial charge in [-0.25, -0.2) is 0 Å². The SMILES string of the molecule is C/C=C\C1C(=O)OC(=O)C1(/C=C\C)/C=C\C. The Labute approximate surface area is 95.5 Å². The van der Waals surface area contributed by atoms with Crippen LogP contribution in [0, 0.1) is 11.3 Å². The molecular formula is C13H16O3. The largest absolute Gasteiger partial charge is 0.392 e. The van der Waals surface area contributed by atoms with E-state index in [-0.39, 0.29) is 0 Å². The number of hydrogen-bond acceptors (Lipinski definition) is 3. The van der Waals surface area contributed by atoms with Gasteiger partial charge in [0, 0.05) is 0 Å². The van der Waals surface area contributed by atoms with Crippen LogP contribution in [-0.2, 0) is 14.3 Å². The third kappa shape index (κ3) is 1.85. The lowest BCUT2D eigenvalue weighted by Gasteiger charge is -2.20. The molecule has 1 fully saturated rings. The Balaban J connectivity index is 3.30. The van der Waals surface area contributed by atoms with E-state index < -0.39 is 23.3 Å². The summed E-state index contributed by atoms with van der Waals surface area (Å²) in [6.45, 7) is 5.44. The first-order valence-corrected chi connectivity index (χ1v) is 5.29. The highest BCUT2D eigenvalue weighted by Crippen LogP contribution is 2.40. The van der Waals surface area contributed by atoms with Gasteiger partial charge < -0.3 is 4.74 Å². The van der Waals surface area contributed by atoms with E-state index in [1.165, 1.54) is 0 Å². The first-order valence-electron chi connectivity index (χ1n) is 5.29. The van der Waals surface area contributed by atoms with Gasteiger partial charge in [0.05, 0.1) is 5.92 Å². The van der Waals surface area contributed by atoms with Crippen LogP contribution < -0.4 is 0 Å². The average Bonchev–Trinajstić information content (AvgIpc) is 2.45. The molecule has 1 aliphatic rings. The predicted molar refractivity (Wildman–Crippen MR) is 61.5 cm³/mol. The maximum Gasteiger partial charge on any atom is 0.328 e. The summed E-state index contributed by atoms with van der Waals surface area (Å²) in [6.07, 6.45) is 10.4. The molecule has 0 aromatic heterocycles. The van der Waals surface area contributed by atoms with Crippen LogP contribution in [0.3, 0.4) is 0 Å². The van der Waals surface area contributed by atoms with Crippen molar-refractivity contribution in [2.75, 3.05) is 0 Å². The highest BCUT2D eigenvalue weighted by Gasteiger charge is 2.53. The van der Waals surface area contributed by atoms with Gasteiger partial charge in [-0.1, -0.05) is 36.5 Å². The highest BCUT2D eigenvalue weighted by molar-refractivity contribution is 6.02. The summed E-state index contributed by atoms with van der Waals surface area (Å²) < 4.78 is 4.72. The van der Waals surface area contributed by atoms with Gasteiger partial charge in [-0.2, -0.15) is 0 Å². The molecule has 1 rings (SSSR count). The zero-order chi connectivity index (χ0) is 12.2. The zero-order valence-corrected chi connectivity index (χ0v) is 9.77. The number of hydrogen-bond donors (Lipinski definition) is 0. The van der Waals surface area contributed by atoms with Crippen molar-refractivity contribution >= 4 is 11.9 Å². The lowest BCUT2D eigenvalue weighted by Crippen LogP contribution is -2.28. The normalized spacial score (nSPS) is 25.1. The quantitative estimate of drug-likeness (QED) is 0.416. The molecule has 0 amide bonds. The van der Waals surface area contributed by atoms with Gasteiger partial charge in [-0.3, -0.25) is 9.59 Å². The lowest BCUT2D eigenvalue weighted by molar-refractivity contribution is -0.153. The Morgan fingerprint density at radius 2 is 1.62 bits per heavy atom. The number of ether oxygens (including phenoxy) is 1. The molecule has 0 saturated carbocycles. The van der Waals surface area contributed by atoms with Crippen molar-refractivity contribution in [3.63, 3.8) is 0 Å². The molecule has 0 radical (unpaired) electrons. The number of esters is 2. The molecule has 86 valence electrons. The Kier molecular flexibility index (Phi) is 3.82. The standard InChI is InChI=1S/C13H16O3/c1-4-7-10-11(14)16-12(15)13(10,8-5-2)9-6-3/h4-10H,1-3H3/b7-4-,8-5-,9-6-. The van der Waals surface area contributed by atoms with Crippen molar-refractivity contribution in [1.82, 2.24) is 0 Å². The van der Waals surface area contributed by atoms with E-state index in [1.807, 2.05) is 20.8 Å². The van der Waals surface area contributed by atoms with Gasteiger partial charge in [0.2, 0.25) is 0 Å². The second-order valence-electron chi connectivity index (χ2n) is 3.65. The first-order chi connectivity index (χ1) is 7.62. The van der Waals surface area contributed by atoms with E-state index in [4.69, 9.17) is 4.74 Å². The fourth-order valence-electron chi connectivity index (χ4n) is 1.95. The molecule has 1 unspecified atom stereocenters. The summed E-state index contributed by atoms with van der Waals surface area (Å²) in [5, 5.41) is 0. The molecule has 0 N–H and O–H groups in total. The third-order valence-electron chi connectivity index (χ3n) is 2.59. The maximum atomic E-state index is 11.8. The Bertz CT molecular complexity index is 363. The molecule has 0 aromatic carbocycles. The fourth-order valence-corrected chi connectivity index (χ4v) is 1.95. The van der Waals surface area contributed by atoms with Gasteiger partial charge >= 0.3 is 11.9 Å². The van der Waals surface area contributed by atoms with Crippen molar-refractivity contribution in [3.8, 4) is 0 Å². The van der Waals surface area contributed by atoms with Crippen molar-refractivity contribution in [3.05, 3.63) is 36.5 Å². The monoisotopic (exact) mass is 220 g/mol. The van der Waals surface area contributed by atoms with Crippen LogP contribution in [0.2, 0.25) is 0 Å². The molecule has 1 heterocycles. The second-order valence-corrected chi connectivity index (χ2v) is 3.65. The van der Waals surface area contributed by atoms with Crippen LogP contribution in [0.15, 0.2) is 36.5 Å². The summed E-state index contributed by atoms with van der Waals surface area (Å²) in [6, 6.07) is 0. The lowest BCUT2D eigenvalue weighted by atomic mass is 9.76. The average molecular weight is 220 g/mol. The van der Waals surface area contributed by atoms with Gasteiger partial charge in [0.15, 0.2) is 0 Å². The number of cyclic esters (lactones) is 2. The summed E-state index contributed by atoms with van der Waals surface area (Å²) >= 11 is 0. The van der Waals surface area contributed by atoms with Crippen LogP contribution in [0.1, 0.15) is 20.8 Å². The van der Waals surface area contributed by atoms with Crippen molar-refractivity contribution in [1.29, 1.82) is 0 Å². The predicted octanol–water partition coefficient (Wildman–Crippen LogP) is 2.40. The molecule has 0 bridgehead atoms. The summed E-state index contributed by atoms with van der Waals surface area (Å²) in [5.41, 5.74) is -0.965. The maximum absolute atomic E-state index is 11.8. The molecule has 1 saturated heterocycles. The van der Waals surface area contributed by atoms with Crippen LogP contribution in [0.4, 0.5) is 0 Å². The number of rotatable bonds is 3. The topological polar surface area (TPSA) is 43.4 Å². The van der Waals surface area contributed by atoms with E-state index >= 15 is 0 Å². The van der Waals surface area contributed by atoms with Gasteiger partial charge in [0.1, 0.15) is 5.41 Å². The molecule has 0 aromatic rings. The van der Waals surface area contributed by atoms with Crippen LogP contribution >= 0.6 is 0 Å². The van der Waals surface area contributed by atoms with Gasteiger partial charge in [0.25, 0.3) is 0 Å². The van der Waals surface area contributed by atoms with Gasteiger partial charge in [-0.05, 0) is 20.8 Å². The molecule has 0 spiro atoms. The molecule has 3 nitrogen and oxygen atoms in total. The minimum absolute atomic E-state index is 0.487. The van der Waals surface area contributed by atoms with E-state index in [2.05, 4.69) is 0 Å². The number of carbonyl (C=O) groups is 2. The van der Waals surface area contributed by atoms with Gasteiger partial charge in [-0.15, -0.1) is 0 Å². The Hall–Kier alpha value is -1.64. The minimum atomic E-state index is -0.965. The fraction of sp³-hybridized carbons (Fsp3) is 0.385. The van der Waals surface area contributed by atoms with Crippen LogP contribution in [0.25, 0.3) is 0 Å². The molecule has 3 heteroatoms. The first kappa shape index (κ1) is 12.4. The van der Waals surface area contributed by atoms with E-state index in [1.54, 1.807) is 36.5 Å². The van der Waals surface area contributed by atoms with Crippen LogP contribution in [-0.4, -0.2) is 11.9 Å². The van der Waals surface area contributed by atoms with Crippen molar-refractivity contribution < 1.29 is 14.3 Å². The summed E-state index contributed by atoms with van der Waals surface area (Å²) in [5.74, 6) is -1.55. The van der Waals surface area contributed by atoms with Crippen LogP contribution in [0.5, 0.6) is 0 Å². The van der Waals surface area contributed by atoms with E-state index in [9.17, 15) is 9.59 Å². The smallest absolute Gasteiger partial charge is 0.328 e. The van der Waals surface area contributed by atoms with E-state index in [0.29, 0.717) is 0 Å². The number of allylic oxidation sites excluding steroid dienone is 3. The Morgan fingerprint density at radius 1 is 1.06 bits per heavy atom. The van der Waals surface area contributed by atoms with E-state index in [0.717, 1.165) is 0 Å². The second kappa shape index (κ2) is 4.92. The Morgan fingerprint density at radius 3 is 2.06 bits per heavy atom. The zero-order valence-electron chi connectivity index (χ0n) is 9.77. The summed E-state index contributed by atoms with van der Waals surface area (Å²) in [4.78, 5) is 23.4. The number of carbonyl (C=O) groups excluding carboxylic acids is 2. The minimum Gasteiger partial charge on any atom is -0.392 e. The van der Waals surface area contributed by atoms with Crippen molar-refractivity contribution in [2.24, 2.45) is 11.3 Å². The molecule has 0 aliphatic carbocycles. The molecule has 1 atom stereocenters. The molecular weight excluding hydrogens is 204 g/mol. The van der Waals surface area contributed by atoms with Crippen molar-refractivity contribution in [2.45, 2.75) is 20.8 Å².